The number of fused-ring (bicyclic) bond motifs is 1. The van der Waals surface area contributed by atoms with E-state index in [1.807, 2.05) is 0 Å². The number of aliphatic carboxylic acids is 1. The number of methoxy groups -OCH3 is 1. The molecule has 1 aliphatic rings. The predicted molar refractivity (Wildman–Crippen MR) is 116 cm³/mol. The van der Waals surface area contributed by atoms with E-state index in [0.29, 0.717) is 24.0 Å². The third-order valence-electron chi connectivity index (χ3n) is 5.06. The molecule has 3 N–H and O–H groups in total. The molecular formula is C23H30N2O6. The van der Waals surface area contributed by atoms with Gasteiger partial charge in [0.1, 0.15) is 12.1 Å². The molecule has 0 radical (unpaired) electrons. The van der Waals surface area contributed by atoms with E-state index in [4.69, 9.17) is 15.6 Å². The highest BCUT2D eigenvalue weighted by Crippen LogP contribution is 2.28. The maximum atomic E-state index is 12.4. The lowest BCUT2D eigenvalue weighted by atomic mass is 9.96. The summed E-state index contributed by atoms with van der Waals surface area (Å²) in [5.41, 5.74) is 5.94. The molecule has 1 aromatic carbocycles. The Balaban J connectivity index is 0.000000407. The molecule has 168 valence electrons. The number of carbonyl (C=O) groups is 4. The van der Waals surface area contributed by atoms with Crippen LogP contribution in [-0.2, 0) is 14.3 Å². The van der Waals surface area contributed by atoms with E-state index < -0.39 is 35.8 Å². The number of carboxylic acid groups (broad SMARTS) is 1. The highest BCUT2D eigenvalue weighted by atomic mass is 16.5. The van der Waals surface area contributed by atoms with Gasteiger partial charge in [0.2, 0.25) is 0 Å². The molecule has 8 heteroatoms. The number of esters is 1. The van der Waals surface area contributed by atoms with Crippen LogP contribution in [0.5, 0.6) is 0 Å². The Morgan fingerprint density at radius 2 is 1.52 bits per heavy atom. The van der Waals surface area contributed by atoms with Crippen LogP contribution in [0.1, 0.15) is 47.4 Å². The first-order chi connectivity index (χ1) is 14.6. The van der Waals surface area contributed by atoms with Gasteiger partial charge in [0.05, 0.1) is 18.2 Å². The molecule has 0 bridgehead atoms. The van der Waals surface area contributed by atoms with Crippen molar-refractivity contribution in [2.75, 3.05) is 7.11 Å². The van der Waals surface area contributed by atoms with Crippen LogP contribution in [0, 0.1) is 11.8 Å². The number of nitrogens with two attached hydrogens (primary N) is 1. The molecule has 0 saturated heterocycles. The van der Waals surface area contributed by atoms with Crippen molar-refractivity contribution in [2.24, 2.45) is 17.6 Å². The number of hydrogen-bond donors (Lipinski definition) is 2. The van der Waals surface area contributed by atoms with E-state index in [9.17, 15) is 19.2 Å². The van der Waals surface area contributed by atoms with Crippen molar-refractivity contribution in [3.63, 3.8) is 0 Å². The fraction of sp³-hybridized carbons (Fsp3) is 0.391. The lowest BCUT2D eigenvalue weighted by Crippen LogP contribution is -2.49. The maximum Gasteiger partial charge on any atom is 0.329 e. The van der Waals surface area contributed by atoms with E-state index in [2.05, 4.69) is 13.2 Å². The van der Waals surface area contributed by atoms with Gasteiger partial charge >= 0.3 is 11.9 Å². The molecule has 4 atom stereocenters. The Morgan fingerprint density at radius 3 is 1.90 bits per heavy atom. The van der Waals surface area contributed by atoms with Gasteiger partial charge in [0.25, 0.3) is 11.8 Å². The van der Waals surface area contributed by atoms with E-state index in [0.717, 1.165) is 4.90 Å². The van der Waals surface area contributed by atoms with Gasteiger partial charge < -0.3 is 15.6 Å². The number of hydrogen-bond acceptors (Lipinski definition) is 6. The smallest absolute Gasteiger partial charge is 0.329 e. The largest absolute Gasteiger partial charge is 0.480 e. The Hall–Kier alpha value is -3.26. The summed E-state index contributed by atoms with van der Waals surface area (Å²) >= 11 is 0. The topological polar surface area (TPSA) is 127 Å². The molecule has 1 aliphatic heterocycles. The van der Waals surface area contributed by atoms with Gasteiger partial charge in [-0.15, -0.1) is 13.2 Å². The van der Waals surface area contributed by atoms with Crippen molar-refractivity contribution in [2.45, 2.75) is 38.8 Å². The SMILES string of the molecule is C=CC[C@H](C)[C@@H](C(=O)OC)N1C(=O)c2ccccc2C1=O.C=CC[C@H](C)[C@H](N)C(=O)O. The number of nitrogens with zero attached hydrogens (tertiary/aromatic N) is 1. The van der Waals surface area contributed by atoms with Crippen molar-refractivity contribution < 1.29 is 29.0 Å². The summed E-state index contributed by atoms with van der Waals surface area (Å²) in [7, 11) is 1.24. The van der Waals surface area contributed by atoms with Crippen LogP contribution in [0.3, 0.4) is 0 Å². The number of rotatable bonds is 9. The molecule has 0 aliphatic carbocycles. The van der Waals surface area contributed by atoms with Gasteiger partial charge in [-0.2, -0.15) is 0 Å². The number of ether oxygens (including phenoxy) is 1. The Kier molecular flexibility index (Phi) is 9.82. The molecule has 0 spiro atoms. The second-order valence-corrected chi connectivity index (χ2v) is 7.36. The summed E-state index contributed by atoms with van der Waals surface area (Å²) in [6.45, 7) is 10.7. The van der Waals surface area contributed by atoms with Gasteiger partial charge in [-0.3, -0.25) is 19.3 Å². The van der Waals surface area contributed by atoms with Crippen LogP contribution in [0.25, 0.3) is 0 Å². The lowest BCUT2D eigenvalue weighted by molar-refractivity contribution is -0.147. The molecule has 2 rings (SSSR count). The van der Waals surface area contributed by atoms with Crippen molar-refractivity contribution in [1.29, 1.82) is 0 Å². The molecular weight excluding hydrogens is 400 g/mol. The molecule has 8 nitrogen and oxygen atoms in total. The second-order valence-electron chi connectivity index (χ2n) is 7.36. The van der Waals surface area contributed by atoms with Crippen LogP contribution >= 0.6 is 0 Å². The number of imide groups is 1. The first kappa shape index (κ1) is 25.8. The molecule has 1 heterocycles. The minimum Gasteiger partial charge on any atom is -0.480 e. The summed E-state index contributed by atoms with van der Waals surface area (Å²) in [5.74, 6) is -2.76. The number of carboxylic acids is 1. The van der Waals surface area contributed by atoms with Gasteiger partial charge in [-0.25, -0.2) is 4.79 Å². The zero-order valence-electron chi connectivity index (χ0n) is 18.1. The average Bonchev–Trinajstić information content (AvgIpc) is 2.99. The fourth-order valence-electron chi connectivity index (χ4n) is 3.22. The van der Waals surface area contributed by atoms with Crippen molar-refractivity contribution >= 4 is 23.8 Å². The maximum absolute atomic E-state index is 12.4. The van der Waals surface area contributed by atoms with Crippen molar-refractivity contribution in [3.8, 4) is 0 Å². The molecule has 0 unspecified atom stereocenters. The van der Waals surface area contributed by atoms with Gasteiger partial charge in [-0.05, 0) is 36.8 Å². The summed E-state index contributed by atoms with van der Waals surface area (Å²) in [6.07, 6.45) is 4.47. The Labute approximate surface area is 182 Å². The van der Waals surface area contributed by atoms with Crippen LogP contribution in [-0.4, -0.2) is 53.0 Å². The third kappa shape index (κ3) is 6.11. The quantitative estimate of drug-likeness (QED) is 0.350. The number of benzene rings is 1. The zero-order chi connectivity index (χ0) is 23.7. The van der Waals surface area contributed by atoms with E-state index in [-0.39, 0.29) is 11.8 Å². The second kappa shape index (κ2) is 11.8. The number of amides is 2. The Morgan fingerprint density at radius 1 is 1.06 bits per heavy atom. The zero-order valence-corrected chi connectivity index (χ0v) is 18.1. The molecule has 1 aromatic rings. The summed E-state index contributed by atoms with van der Waals surface area (Å²) in [5, 5.41) is 8.42. The van der Waals surface area contributed by atoms with Crippen molar-refractivity contribution in [1.82, 2.24) is 4.90 Å². The fourth-order valence-corrected chi connectivity index (χ4v) is 3.22. The van der Waals surface area contributed by atoms with Crippen molar-refractivity contribution in [3.05, 3.63) is 60.7 Å². The summed E-state index contributed by atoms with van der Waals surface area (Å²) in [6, 6.07) is 4.84. The highest BCUT2D eigenvalue weighted by molar-refractivity contribution is 6.22. The van der Waals surface area contributed by atoms with Gasteiger partial charge in [0.15, 0.2) is 0 Å². The summed E-state index contributed by atoms with van der Waals surface area (Å²) < 4.78 is 4.77. The lowest BCUT2D eigenvalue weighted by Gasteiger charge is -2.28. The first-order valence-electron chi connectivity index (χ1n) is 9.87. The molecule has 0 fully saturated rings. The number of allylic oxidation sites excluding steroid dienone is 2. The molecule has 0 saturated carbocycles. The van der Waals surface area contributed by atoms with Gasteiger partial charge in [0, 0.05) is 0 Å². The summed E-state index contributed by atoms with van der Waals surface area (Å²) in [4.78, 5) is 48.2. The molecule has 31 heavy (non-hydrogen) atoms. The van der Waals surface area contributed by atoms with Crippen LogP contribution in [0.2, 0.25) is 0 Å². The normalized spacial score (nSPS) is 16.2. The third-order valence-corrected chi connectivity index (χ3v) is 5.06. The molecule has 2 amide bonds. The molecule has 0 aromatic heterocycles. The highest BCUT2D eigenvalue weighted by Gasteiger charge is 2.45. The standard InChI is InChI=1S/C16H17NO4.C7H13NO2/c1-4-7-10(2)13(16(20)21-3)17-14(18)11-8-5-6-9-12(11)15(17)19;1-3-4-5(2)6(8)7(9)10/h4-6,8-10,13H,1,7H2,2-3H3;3,5-6H,1,4,8H2,2H3,(H,9,10)/t10-,13-;5-,6-/m00/s1. The van der Waals surface area contributed by atoms with E-state index >= 15 is 0 Å². The van der Waals surface area contributed by atoms with Crippen LogP contribution in [0.4, 0.5) is 0 Å². The van der Waals surface area contributed by atoms with E-state index in [1.54, 1.807) is 50.3 Å². The minimum atomic E-state index is -0.950. The predicted octanol–water partition coefficient (Wildman–Crippen LogP) is 2.65. The monoisotopic (exact) mass is 430 g/mol. The van der Waals surface area contributed by atoms with Crippen LogP contribution < -0.4 is 5.73 Å². The Bertz CT molecular complexity index is 815. The number of carbonyl (C=O) groups excluding carboxylic acids is 3. The minimum absolute atomic E-state index is 0.0324. The van der Waals surface area contributed by atoms with Gasteiger partial charge in [-0.1, -0.05) is 38.1 Å². The van der Waals surface area contributed by atoms with E-state index in [1.165, 1.54) is 7.11 Å². The average molecular weight is 431 g/mol. The first-order valence-corrected chi connectivity index (χ1v) is 9.87. The van der Waals surface area contributed by atoms with Crippen LogP contribution in [0.15, 0.2) is 49.6 Å².